The van der Waals surface area contributed by atoms with Gasteiger partial charge in [-0.3, -0.25) is 0 Å². The van der Waals surface area contributed by atoms with E-state index in [1.165, 1.54) is 22.3 Å². The van der Waals surface area contributed by atoms with Crippen LogP contribution in [0.15, 0.2) is 97.6 Å². The van der Waals surface area contributed by atoms with Crippen molar-refractivity contribution >= 4 is 24.3 Å². The minimum atomic E-state index is 1.21. The van der Waals surface area contributed by atoms with Crippen molar-refractivity contribution in [2.24, 2.45) is 0 Å². The van der Waals surface area contributed by atoms with Crippen LogP contribution in [0, 0.1) is 0 Å². The number of benzene rings is 3. The van der Waals surface area contributed by atoms with Crippen LogP contribution in [0.2, 0.25) is 0 Å². The highest BCUT2D eigenvalue weighted by atomic mass is 14.0. The van der Waals surface area contributed by atoms with Crippen LogP contribution < -0.4 is 0 Å². The van der Waals surface area contributed by atoms with Crippen LogP contribution in [0.3, 0.4) is 0 Å². The third-order valence-electron chi connectivity index (χ3n) is 3.47. The summed E-state index contributed by atoms with van der Waals surface area (Å²) in [6.07, 6.45) is 10.3. The van der Waals surface area contributed by atoms with E-state index in [4.69, 9.17) is 0 Å². The van der Waals surface area contributed by atoms with Crippen LogP contribution in [0.25, 0.3) is 24.3 Å². The molecule has 0 aromatic heterocycles. The molecule has 0 amide bonds. The van der Waals surface area contributed by atoms with Crippen LogP contribution in [0.1, 0.15) is 29.2 Å². The van der Waals surface area contributed by atoms with E-state index in [1.807, 2.05) is 19.1 Å². The first-order valence-corrected chi connectivity index (χ1v) is 8.45. The maximum atomic E-state index is 3.36. The van der Waals surface area contributed by atoms with Gasteiger partial charge in [0, 0.05) is 0 Å². The Morgan fingerprint density at radius 3 is 1.00 bits per heavy atom. The fourth-order valence-electron chi connectivity index (χ4n) is 2.23. The Morgan fingerprint density at radius 1 is 0.480 bits per heavy atom. The molecule has 0 heteroatoms. The molecule has 0 unspecified atom stereocenters. The van der Waals surface area contributed by atoms with Gasteiger partial charge in [-0.15, -0.1) is 6.58 Å². The lowest BCUT2D eigenvalue weighted by atomic mass is 10.1. The Labute approximate surface area is 151 Å². The summed E-state index contributed by atoms with van der Waals surface area (Å²) in [5, 5.41) is 0. The maximum absolute atomic E-state index is 3.36. The Hall–Kier alpha value is -3.12. The van der Waals surface area contributed by atoms with Gasteiger partial charge < -0.3 is 0 Å². The summed E-state index contributed by atoms with van der Waals surface area (Å²) in [5.74, 6) is 0. The molecule has 0 bridgehead atoms. The molecular weight excluding hydrogens is 300 g/mol. The van der Waals surface area contributed by atoms with E-state index < -0.39 is 0 Å². The van der Waals surface area contributed by atoms with Gasteiger partial charge in [-0.2, -0.15) is 0 Å². The van der Waals surface area contributed by atoms with Crippen molar-refractivity contribution < 1.29 is 0 Å². The first-order valence-electron chi connectivity index (χ1n) is 8.45. The van der Waals surface area contributed by atoms with Gasteiger partial charge >= 0.3 is 0 Å². The predicted molar refractivity (Wildman–Crippen MR) is 113 cm³/mol. The number of hydrogen-bond acceptors (Lipinski definition) is 0. The largest absolute Gasteiger partial charge is 0.103 e. The van der Waals surface area contributed by atoms with Gasteiger partial charge in [0.25, 0.3) is 0 Å². The zero-order valence-electron chi connectivity index (χ0n) is 14.7. The van der Waals surface area contributed by atoms with Crippen molar-refractivity contribution in [3.05, 3.63) is 120 Å². The van der Waals surface area contributed by atoms with Crippen LogP contribution in [0.5, 0.6) is 0 Å². The average Bonchev–Trinajstić information content (AvgIpc) is 2.68. The molecule has 3 rings (SSSR count). The molecule has 0 fully saturated rings. The summed E-state index contributed by atoms with van der Waals surface area (Å²) >= 11 is 0. The first kappa shape index (κ1) is 18.2. The molecule has 25 heavy (non-hydrogen) atoms. The second kappa shape index (κ2) is 10.6. The molecule has 124 valence electrons. The number of rotatable bonds is 4. The van der Waals surface area contributed by atoms with Crippen LogP contribution in [-0.4, -0.2) is 0 Å². The zero-order valence-corrected chi connectivity index (χ0v) is 14.7. The summed E-state index contributed by atoms with van der Waals surface area (Å²) in [7, 11) is 0. The Bertz CT molecular complexity index is 723. The van der Waals surface area contributed by atoms with Crippen LogP contribution >= 0.6 is 0 Å². The minimum Gasteiger partial charge on any atom is -0.103 e. The molecule has 0 saturated heterocycles. The van der Waals surface area contributed by atoms with Gasteiger partial charge in [-0.05, 0) is 29.2 Å². The quantitative estimate of drug-likeness (QED) is 0.351. The van der Waals surface area contributed by atoms with E-state index in [2.05, 4.69) is 104 Å². The first-order chi connectivity index (χ1) is 12.3. The van der Waals surface area contributed by atoms with Gasteiger partial charge in [0.2, 0.25) is 0 Å². The molecule has 0 saturated carbocycles. The summed E-state index contributed by atoms with van der Waals surface area (Å²) in [6.45, 7) is 5.25. The summed E-state index contributed by atoms with van der Waals surface area (Å²) < 4.78 is 0. The van der Waals surface area contributed by atoms with Crippen molar-refractivity contribution in [2.75, 3.05) is 0 Å². The van der Waals surface area contributed by atoms with E-state index in [-0.39, 0.29) is 0 Å². The highest BCUT2D eigenvalue weighted by molar-refractivity contribution is 5.72. The molecule has 0 aliphatic carbocycles. The van der Waals surface area contributed by atoms with E-state index >= 15 is 0 Å². The zero-order chi connectivity index (χ0) is 17.7. The molecule has 0 N–H and O–H groups in total. The normalized spacial score (nSPS) is 10.4. The fourth-order valence-corrected chi connectivity index (χ4v) is 2.23. The van der Waals surface area contributed by atoms with Gasteiger partial charge in [0.15, 0.2) is 0 Å². The van der Waals surface area contributed by atoms with Crippen molar-refractivity contribution in [1.29, 1.82) is 0 Å². The van der Waals surface area contributed by atoms with E-state index in [0.717, 1.165) is 0 Å². The van der Waals surface area contributed by atoms with Crippen molar-refractivity contribution in [3.63, 3.8) is 0 Å². The second-order valence-electron chi connectivity index (χ2n) is 5.56. The fraction of sp³-hybridized carbons (Fsp3) is 0.0400. The summed E-state index contributed by atoms with van der Waals surface area (Å²) in [6, 6.07) is 29.3. The topological polar surface area (TPSA) is 0 Å². The summed E-state index contributed by atoms with van der Waals surface area (Å²) in [5.41, 5.74) is 4.85. The van der Waals surface area contributed by atoms with E-state index in [1.54, 1.807) is 6.08 Å². The lowest BCUT2D eigenvalue weighted by Gasteiger charge is -1.97. The molecule has 0 nitrogen and oxygen atoms in total. The predicted octanol–water partition coefficient (Wildman–Crippen LogP) is 7.22. The molecular formula is C25H24. The van der Waals surface area contributed by atoms with Crippen LogP contribution in [-0.2, 0) is 0 Å². The molecule has 3 aromatic carbocycles. The highest BCUT2D eigenvalue weighted by Crippen LogP contribution is 2.12. The number of hydrogen-bond donors (Lipinski definition) is 0. The molecule has 0 atom stereocenters. The smallest absolute Gasteiger partial charge is 0.0256 e. The molecule has 0 aliphatic rings. The van der Waals surface area contributed by atoms with Gasteiger partial charge in [0.1, 0.15) is 0 Å². The Morgan fingerprint density at radius 2 is 0.720 bits per heavy atom. The van der Waals surface area contributed by atoms with E-state index in [9.17, 15) is 0 Å². The number of allylic oxidation sites excluding steroid dienone is 1. The third-order valence-corrected chi connectivity index (χ3v) is 3.47. The highest BCUT2D eigenvalue weighted by Gasteiger charge is 1.90. The van der Waals surface area contributed by atoms with Crippen molar-refractivity contribution in [3.8, 4) is 0 Å². The Kier molecular flexibility index (Phi) is 7.74. The van der Waals surface area contributed by atoms with Gasteiger partial charge in [-0.25, -0.2) is 0 Å². The van der Waals surface area contributed by atoms with Gasteiger partial charge in [-0.1, -0.05) is 115 Å². The monoisotopic (exact) mass is 324 g/mol. The van der Waals surface area contributed by atoms with Crippen molar-refractivity contribution in [1.82, 2.24) is 0 Å². The molecule has 3 aromatic rings. The molecule has 0 spiro atoms. The Balaban J connectivity index is 0.000000701. The standard InChI is InChI=1S/C22H18.C3H6/c1-3-7-19(8-4-1)11-13-21-15-17-22(18-16-21)14-12-20-9-5-2-6-10-20;1-3-2/h1-18H;3H,1H2,2H3/b13-11+,14-12+;. The van der Waals surface area contributed by atoms with Crippen molar-refractivity contribution in [2.45, 2.75) is 6.92 Å². The average molecular weight is 324 g/mol. The second-order valence-corrected chi connectivity index (χ2v) is 5.56. The SMILES string of the molecule is C(=C\c1ccc(/C=C/c2ccccc2)cc1)/c1ccccc1.C=CC. The third kappa shape index (κ3) is 6.88. The summed E-state index contributed by atoms with van der Waals surface area (Å²) in [4.78, 5) is 0. The molecule has 0 heterocycles. The van der Waals surface area contributed by atoms with E-state index in [0.29, 0.717) is 0 Å². The molecule has 0 aliphatic heterocycles. The lowest BCUT2D eigenvalue weighted by molar-refractivity contribution is 1.61. The van der Waals surface area contributed by atoms with Gasteiger partial charge in [0.05, 0.1) is 0 Å². The van der Waals surface area contributed by atoms with Crippen LogP contribution in [0.4, 0.5) is 0 Å². The maximum Gasteiger partial charge on any atom is -0.0256 e. The molecule has 0 radical (unpaired) electrons. The lowest BCUT2D eigenvalue weighted by Crippen LogP contribution is -1.75. The minimum absolute atomic E-state index is 1.21.